The van der Waals surface area contributed by atoms with Crippen molar-refractivity contribution in [2.45, 2.75) is 58.8 Å². The molecule has 0 radical (unpaired) electrons. The number of halogens is 2. The minimum Gasteiger partial charge on any atom is -0.373 e. The van der Waals surface area contributed by atoms with Crippen LogP contribution in [0.25, 0.3) is 17.0 Å². The van der Waals surface area contributed by atoms with Crippen molar-refractivity contribution < 1.29 is 18.3 Å². The van der Waals surface area contributed by atoms with Crippen molar-refractivity contribution in [3.05, 3.63) is 92.8 Å². The Morgan fingerprint density at radius 1 is 1.05 bits per heavy atom. The molecule has 4 aromatic rings. The number of benzene rings is 1. The van der Waals surface area contributed by atoms with Crippen LogP contribution >= 0.6 is 0 Å². The van der Waals surface area contributed by atoms with Gasteiger partial charge in [-0.05, 0) is 49.6 Å². The maximum Gasteiger partial charge on any atom is 0.265 e. The van der Waals surface area contributed by atoms with Gasteiger partial charge in [0, 0.05) is 42.2 Å². The smallest absolute Gasteiger partial charge is 0.265 e. The van der Waals surface area contributed by atoms with Gasteiger partial charge in [0.2, 0.25) is 0 Å². The minimum absolute atomic E-state index is 0.00381. The van der Waals surface area contributed by atoms with Gasteiger partial charge in [-0.25, -0.2) is 23.1 Å². The summed E-state index contributed by atoms with van der Waals surface area (Å²) in [5.41, 5.74) is 3.70. The van der Waals surface area contributed by atoms with Gasteiger partial charge in [0.1, 0.15) is 17.3 Å². The molecule has 5 heterocycles. The van der Waals surface area contributed by atoms with E-state index in [2.05, 4.69) is 9.97 Å². The van der Waals surface area contributed by atoms with Crippen LogP contribution in [0, 0.1) is 18.6 Å². The normalized spacial score (nSPS) is 18.8. The van der Waals surface area contributed by atoms with E-state index in [0.717, 1.165) is 23.4 Å². The van der Waals surface area contributed by atoms with Crippen molar-refractivity contribution in [1.82, 2.24) is 19.4 Å². The second kappa shape index (κ2) is 10.4. The van der Waals surface area contributed by atoms with E-state index in [4.69, 9.17) is 14.5 Å². The molecule has 0 unspecified atom stereocenters. The van der Waals surface area contributed by atoms with Crippen molar-refractivity contribution in [3.63, 3.8) is 0 Å². The second-order valence-corrected chi connectivity index (χ2v) is 8.97. The number of rotatable bonds is 3. The summed E-state index contributed by atoms with van der Waals surface area (Å²) in [6.07, 6.45) is 3.01. The van der Waals surface area contributed by atoms with Gasteiger partial charge in [-0.3, -0.25) is 9.78 Å². The molecule has 1 fully saturated rings. The summed E-state index contributed by atoms with van der Waals surface area (Å²) in [7, 11) is 0. The first-order chi connectivity index (χ1) is 18.0. The van der Waals surface area contributed by atoms with Gasteiger partial charge in [0.25, 0.3) is 5.56 Å². The van der Waals surface area contributed by atoms with Crippen LogP contribution in [0.5, 0.6) is 0 Å². The molecule has 2 aliphatic rings. The number of aromatic nitrogens is 4. The first-order valence-corrected chi connectivity index (χ1v) is 12.5. The Labute approximate surface area is 213 Å². The maximum absolute atomic E-state index is 14.9. The lowest BCUT2D eigenvalue weighted by Gasteiger charge is -2.30. The molecule has 2 atom stereocenters. The third-order valence-electron chi connectivity index (χ3n) is 6.66. The van der Waals surface area contributed by atoms with Gasteiger partial charge >= 0.3 is 0 Å². The van der Waals surface area contributed by atoms with Crippen molar-refractivity contribution in [2.24, 2.45) is 0 Å². The average Bonchev–Trinajstić information content (AvgIpc) is 3.38. The zero-order valence-corrected chi connectivity index (χ0v) is 21.0. The van der Waals surface area contributed by atoms with E-state index < -0.39 is 11.6 Å². The van der Waals surface area contributed by atoms with Gasteiger partial charge in [0.05, 0.1) is 36.1 Å². The number of pyridine rings is 1. The van der Waals surface area contributed by atoms with Crippen LogP contribution in [0.15, 0.2) is 47.4 Å². The van der Waals surface area contributed by atoms with Crippen LogP contribution in [-0.4, -0.2) is 26.0 Å². The number of ether oxygens (including phenoxy) is 2. The molecule has 0 spiro atoms. The van der Waals surface area contributed by atoms with Gasteiger partial charge in [-0.2, -0.15) is 0 Å². The summed E-state index contributed by atoms with van der Waals surface area (Å²) in [6, 6.07) is 8.99. The van der Waals surface area contributed by atoms with Gasteiger partial charge < -0.3 is 9.47 Å². The first kappa shape index (κ1) is 25.1. The third kappa shape index (κ3) is 4.76. The van der Waals surface area contributed by atoms with E-state index >= 15 is 0 Å². The molecule has 0 bridgehead atoms. The molecule has 0 N–H and O–H groups in total. The van der Waals surface area contributed by atoms with Crippen LogP contribution in [0.4, 0.5) is 8.78 Å². The standard InChI is InChI=1S/C26H22F2N4O3.C2H6/c1-14-8-16(4-6-29-14)23-9-15(5-7-35-23)21-11-24-30-22-13-34-12-19(22)26(33)32(24)25(31-21)18-3-2-17(27)10-20(18)28;1-2/h2-4,6,8,10-11,15,23H,5,7,9,12-13H2,1H3;1-2H3/t15-,23+;/m1./s1. The lowest BCUT2D eigenvalue weighted by Crippen LogP contribution is -2.25. The first-order valence-electron chi connectivity index (χ1n) is 12.5. The monoisotopic (exact) mass is 506 g/mol. The van der Waals surface area contributed by atoms with Crippen LogP contribution in [0.2, 0.25) is 0 Å². The van der Waals surface area contributed by atoms with Crippen LogP contribution in [-0.2, 0) is 22.7 Å². The molecule has 0 amide bonds. The summed E-state index contributed by atoms with van der Waals surface area (Å²) in [5, 5.41) is 0. The van der Waals surface area contributed by atoms with Gasteiger partial charge in [-0.1, -0.05) is 13.8 Å². The van der Waals surface area contributed by atoms with Crippen LogP contribution < -0.4 is 5.56 Å². The highest BCUT2D eigenvalue weighted by Crippen LogP contribution is 2.38. The van der Waals surface area contributed by atoms with E-state index in [-0.39, 0.29) is 42.2 Å². The van der Waals surface area contributed by atoms with E-state index in [9.17, 15) is 13.6 Å². The molecule has 3 aromatic heterocycles. The fourth-order valence-corrected chi connectivity index (χ4v) is 4.90. The summed E-state index contributed by atoms with van der Waals surface area (Å²) in [6.45, 7) is 6.86. The molecule has 37 heavy (non-hydrogen) atoms. The SMILES string of the molecule is CC.Cc1cc([C@@H]2C[C@H](c3cc4nc5c(c(=O)n4c(-c4ccc(F)cc4F)n3)COC5)CCO2)ccn1. The molecule has 1 saturated heterocycles. The molecule has 192 valence electrons. The Balaban J connectivity index is 0.00000137. The Morgan fingerprint density at radius 3 is 2.68 bits per heavy atom. The number of fused-ring (bicyclic) bond motifs is 2. The van der Waals surface area contributed by atoms with E-state index in [0.29, 0.717) is 42.0 Å². The zero-order valence-electron chi connectivity index (χ0n) is 21.0. The van der Waals surface area contributed by atoms with Gasteiger partial charge in [0.15, 0.2) is 5.82 Å². The molecule has 0 aliphatic carbocycles. The minimum atomic E-state index is -0.795. The average molecular weight is 507 g/mol. The largest absolute Gasteiger partial charge is 0.373 e. The fourth-order valence-electron chi connectivity index (χ4n) is 4.90. The topological polar surface area (TPSA) is 78.6 Å². The Bertz CT molecular complexity index is 1520. The van der Waals surface area contributed by atoms with Crippen molar-refractivity contribution in [3.8, 4) is 11.4 Å². The number of hydrogen-bond donors (Lipinski definition) is 0. The van der Waals surface area contributed by atoms with Crippen molar-refractivity contribution >= 4 is 5.65 Å². The Morgan fingerprint density at radius 2 is 1.89 bits per heavy atom. The van der Waals surface area contributed by atoms with Crippen LogP contribution in [0.1, 0.15) is 66.9 Å². The molecular formula is C28H28F2N4O3. The van der Waals surface area contributed by atoms with E-state index in [1.807, 2.05) is 32.9 Å². The molecule has 0 saturated carbocycles. The number of aryl methyl sites for hydroxylation is 1. The lowest BCUT2D eigenvalue weighted by molar-refractivity contribution is 0.00457. The molecular weight excluding hydrogens is 478 g/mol. The van der Waals surface area contributed by atoms with Gasteiger partial charge in [-0.15, -0.1) is 0 Å². The Kier molecular flexibility index (Phi) is 7.08. The second-order valence-electron chi connectivity index (χ2n) is 8.97. The predicted molar refractivity (Wildman–Crippen MR) is 134 cm³/mol. The lowest BCUT2D eigenvalue weighted by atomic mass is 9.89. The Hall–Kier alpha value is -3.56. The molecule has 2 aliphatic heterocycles. The highest BCUT2D eigenvalue weighted by Gasteiger charge is 2.29. The summed E-state index contributed by atoms with van der Waals surface area (Å²) in [4.78, 5) is 27.0. The third-order valence-corrected chi connectivity index (χ3v) is 6.66. The molecule has 6 rings (SSSR count). The van der Waals surface area contributed by atoms with Crippen molar-refractivity contribution in [2.75, 3.05) is 6.61 Å². The number of nitrogens with zero attached hydrogens (tertiary/aromatic N) is 4. The van der Waals surface area contributed by atoms with Crippen LogP contribution in [0.3, 0.4) is 0 Å². The van der Waals surface area contributed by atoms with Crippen molar-refractivity contribution in [1.29, 1.82) is 0 Å². The molecule has 1 aromatic carbocycles. The number of hydrogen-bond acceptors (Lipinski definition) is 6. The predicted octanol–water partition coefficient (Wildman–Crippen LogP) is 5.43. The summed E-state index contributed by atoms with van der Waals surface area (Å²) in [5.74, 6) is -1.40. The quantitative estimate of drug-likeness (QED) is 0.369. The highest BCUT2D eigenvalue weighted by atomic mass is 19.1. The summed E-state index contributed by atoms with van der Waals surface area (Å²) >= 11 is 0. The molecule has 9 heteroatoms. The van der Waals surface area contributed by atoms with E-state index in [1.54, 1.807) is 12.3 Å². The highest BCUT2D eigenvalue weighted by molar-refractivity contribution is 5.61. The molecule has 7 nitrogen and oxygen atoms in total. The maximum atomic E-state index is 14.9. The zero-order chi connectivity index (χ0) is 26.1. The fraction of sp³-hybridized carbons (Fsp3) is 0.357. The van der Waals surface area contributed by atoms with E-state index in [1.165, 1.54) is 10.5 Å². The summed E-state index contributed by atoms with van der Waals surface area (Å²) < 4.78 is 41.3.